The third-order valence-electron chi connectivity index (χ3n) is 4.97. The second kappa shape index (κ2) is 10.4. The molecule has 0 aromatic rings. The highest BCUT2D eigenvalue weighted by molar-refractivity contribution is 5.83. The lowest BCUT2D eigenvalue weighted by Gasteiger charge is -2.40. The van der Waals surface area contributed by atoms with Crippen molar-refractivity contribution in [2.45, 2.75) is 125 Å². The normalized spacial score (nSPS) is 14.1. The summed E-state index contributed by atoms with van der Waals surface area (Å²) in [6.07, 6.45) is 3.08. The second-order valence-electron chi connectivity index (χ2n) is 10.7. The minimum absolute atomic E-state index is 0.150. The van der Waals surface area contributed by atoms with Crippen LogP contribution in [0.5, 0.6) is 0 Å². The fourth-order valence-corrected chi connectivity index (χ4v) is 3.78. The van der Waals surface area contributed by atoms with Gasteiger partial charge < -0.3 is 14.8 Å². The van der Waals surface area contributed by atoms with Crippen LogP contribution < -0.4 is 5.32 Å². The Balaban J connectivity index is 4.55. The zero-order valence-electron chi connectivity index (χ0n) is 20.0. The average molecular weight is 386 g/mol. The second-order valence-corrected chi connectivity index (χ2v) is 10.7. The summed E-state index contributed by atoms with van der Waals surface area (Å²) in [7, 11) is 0. The highest BCUT2D eigenvalue weighted by Crippen LogP contribution is 2.35. The van der Waals surface area contributed by atoms with Crippen LogP contribution in [0.3, 0.4) is 0 Å². The Hall–Kier alpha value is -0.450. The Labute approximate surface area is 169 Å². The van der Waals surface area contributed by atoms with Crippen molar-refractivity contribution in [3.05, 3.63) is 0 Å². The van der Waals surface area contributed by atoms with E-state index in [9.17, 15) is 4.79 Å². The lowest BCUT2D eigenvalue weighted by molar-refractivity contribution is -0.158. The van der Waals surface area contributed by atoms with Gasteiger partial charge in [-0.05, 0) is 67.3 Å². The number of rotatable bonds is 14. The van der Waals surface area contributed by atoms with E-state index in [1.807, 2.05) is 20.8 Å². The molecule has 0 aliphatic rings. The third kappa shape index (κ3) is 11.9. The minimum atomic E-state index is -0.367. The van der Waals surface area contributed by atoms with E-state index >= 15 is 0 Å². The lowest BCUT2D eigenvalue weighted by atomic mass is 9.77. The van der Waals surface area contributed by atoms with Crippen LogP contribution in [-0.4, -0.2) is 41.8 Å². The summed E-state index contributed by atoms with van der Waals surface area (Å²) in [5.41, 5.74) is -1.19. The monoisotopic (exact) mass is 385 g/mol. The average Bonchev–Trinajstić information content (AvgIpc) is 2.42. The molecule has 4 nitrogen and oxygen atoms in total. The number of hydrogen-bond donors (Lipinski definition) is 1. The lowest BCUT2D eigenvalue weighted by Crippen LogP contribution is -2.43. The number of nitrogens with one attached hydrogen (secondary N) is 1. The maximum atomic E-state index is 12.2. The molecule has 0 atom stereocenters. The molecule has 0 aromatic carbocycles. The van der Waals surface area contributed by atoms with Crippen LogP contribution in [0.25, 0.3) is 0 Å². The molecule has 162 valence electrons. The summed E-state index contributed by atoms with van der Waals surface area (Å²) < 4.78 is 12.6. The topological polar surface area (TPSA) is 47.6 Å². The maximum absolute atomic E-state index is 12.2. The summed E-state index contributed by atoms with van der Waals surface area (Å²) in [6, 6.07) is 0.499. The number of hydrogen-bond acceptors (Lipinski definition) is 4. The van der Waals surface area contributed by atoms with Crippen LogP contribution >= 0.6 is 0 Å². The largest absolute Gasteiger partial charge is 0.375 e. The van der Waals surface area contributed by atoms with Crippen LogP contribution in [0.1, 0.15) is 102 Å². The standard InChI is InChI=1S/C23H47NO3/c1-12-19(25)20(4,5)17-23(10,11)27-22(8,9)14-16-26-21(6,7)13-15-24-18(2)3/h18,24H,12-17H2,1-11H3. The summed E-state index contributed by atoms with van der Waals surface area (Å²) >= 11 is 0. The van der Waals surface area contributed by atoms with E-state index in [0.717, 1.165) is 19.4 Å². The summed E-state index contributed by atoms with van der Waals surface area (Å²) in [5.74, 6) is 0.289. The Bertz CT molecular complexity index is 451. The number of carbonyl (C=O) groups is 1. The van der Waals surface area contributed by atoms with Crippen molar-refractivity contribution in [3.63, 3.8) is 0 Å². The molecule has 0 saturated carbocycles. The molecule has 0 aromatic heterocycles. The first kappa shape index (κ1) is 26.6. The van der Waals surface area contributed by atoms with Gasteiger partial charge in [0.25, 0.3) is 0 Å². The minimum Gasteiger partial charge on any atom is -0.375 e. The first-order valence-corrected chi connectivity index (χ1v) is 10.6. The predicted molar refractivity (Wildman–Crippen MR) is 115 cm³/mol. The zero-order valence-corrected chi connectivity index (χ0v) is 20.0. The molecule has 0 saturated heterocycles. The smallest absolute Gasteiger partial charge is 0.138 e. The van der Waals surface area contributed by atoms with E-state index in [4.69, 9.17) is 9.47 Å². The molecule has 0 amide bonds. The number of ether oxygens (including phenoxy) is 2. The molecule has 0 fully saturated rings. The van der Waals surface area contributed by atoms with Crippen molar-refractivity contribution in [3.8, 4) is 0 Å². The molecule has 4 heteroatoms. The van der Waals surface area contributed by atoms with Gasteiger partial charge >= 0.3 is 0 Å². The van der Waals surface area contributed by atoms with Crippen molar-refractivity contribution in [1.29, 1.82) is 0 Å². The first-order valence-electron chi connectivity index (χ1n) is 10.6. The van der Waals surface area contributed by atoms with Crippen LogP contribution in [-0.2, 0) is 14.3 Å². The van der Waals surface area contributed by atoms with Gasteiger partial charge in [0.05, 0.1) is 23.4 Å². The Morgan fingerprint density at radius 3 is 1.93 bits per heavy atom. The zero-order chi connectivity index (χ0) is 21.5. The van der Waals surface area contributed by atoms with Gasteiger partial charge in [0.2, 0.25) is 0 Å². The van der Waals surface area contributed by atoms with Crippen molar-refractivity contribution in [2.24, 2.45) is 5.41 Å². The predicted octanol–water partition coefficient (Wildman–Crippen LogP) is 5.53. The van der Waals surface area contributed by atoms with Crippen LogP contribution in [0, 0.1) is 5.41 Å². The number of carbonyl (C=O) groups excluding carboxylic acids is 1. The molecule has 0 bridgehead atoms. The van der Waals surface area contributed by atoms with Crippen molar-refractivity contribution in [1.82, 2.24) is 5.32 Å². The molecule has 27 heavy (non-hydrogen) atoms. The SMILES string of the molecule is CCC(=O)C(C)(C)CC(C)(C)OC(C)(C)CCOC(C)(C)CCNC(C)C. The summed E-state index contributed by atoms with van der Waals surface area (Å²) in [4.78, 5) is 12.2. The van der Waals surface area contributed by atoms with Crippen LogP contribution in [0.2, 0.25) is 0 Å². The quantitative estimate of drug-likeness (QED) is 0.427. The van der Waals surface area contributed by atoms with Gasteiger partial charge in [0, 0.05) is 17.9 Å². The fraction of sp³-hybridized carbons (Fsp3) is 0.957. The van der Waals surface area contributed by atoms with Gasteiger partial charge in [-0.3, -0.25) is 4.79 Å². The van der Waals surface area contributed by atoms with Gasteiger partial charge in [0.15, 0.2) is 0 Å². The Morgan fingerprint density at radius 2 is 1.44 bits per heavy atom. The van der Waals surface area contributed by atoms with Crippen LogP contribution in [0.4, 0.5) is 0 Å². The summed E-state index contributed by atoms with van der Waals surface area (Å²) in [6.45, 7) is 24.6. The fourth-order valence-electron chi connectivity index (χ4n) is 3.78. The maximum Gasteiger partial charge on any atom is 0.138 e. The molecular formula is C23H47NO3. The molecule has 0 aliphatic heterocycles. The van der Waals surface area contributed by atoms with Gasteiger partial charge in [-0.1, -0.05) is 34.6 Å². The molecule has 0 rings (SSSR count). The molecule has 0 heterocycles. The van der Waals surface area contributed by atoms with Crippen molar-refractivity contribution >= 4 is 5.78 Å². The van der Waals surface area contributed by atoms with Crippen molar-refractivity contribution in [2.75, 3.05) is 13.2 Å². The van der Waals surface area contributed by atoms with Gasteiger partial charge in [-0.2, -0.15) is 0 Å². The molecule has 0 spiro atoms. The molecule has 1 N–H and O–H groups in total. The van der Waals surface area contributed by atoms with Gasteiger partial charge in [-0.15, -0.1) is 0 Å². The molecule has 0 radical (unpaired) electrons. The molecule has 0 unspecified atom stereocenters. The third-order valence-corrected chi connectivity index (χ3v) is 4.97. The highest BCUT2D eigenvalue weighted by atomic mass is 16.5. The number of Topliss-reactive ketones (excluding diaryl/α,β-unsaturated/α-hetero) is 1. The van der Waals surface area contributed by atoms with Gasteiger partial charge in [-0.25, -0.2) is 0 Å². The van der Waals surface area contributed by atoms with Crippen LogP contribution in [0.15, 0.2) is 0 Å². The highest BCUT2D eigenvalue weighted by Gasteiger charge is 2.37. The molecule has 0 aliphatic carbocycles. The van der Waals surface area contributed by atoms with E-state index < -0.39 is 0 Å². The van der Waals surface area contributed by atoms with E-state index in [2.05, 4.69) is 60.7 Å². The van der Waals surface area contributed by atoms with E-state index in [1.165, 1.54) is 0 Å². The van der Waals surface area contributed by atoms with Crippen molar-refractivity contribution < 1.29 is 14.3 Å². The van der Waals surface area contributed by atoms with E-state index in [-0.39, 0.29) is 28.0 Å². The van der Waals surface area contributed by atoms with E-state index in [1.54, 1.807) is 0 Å². The summed E-state index contributed by atoms with van der Waals surface area (Å²) in [5, 5.41) is 3.44. The Morgan fingerprint density at radius 1 is 0.889 bits per heavy atom. The number of ketones is 1. The molecular weight excluding hydrogens is 338 g/mol. The Kier molecular flexibility index (Phi) is 10.2. The van der Waals surface area contributed by atoms with Gasteiger partial charge in [0.1, 0.15) is 5.78 Å². The first-order chi connectivity index (χ1) is 12.0. The van der Waals surface area contributed by atoms with E-state index in [0.29, 0.717) is 25.5 Å².